The van der Waals surface area contributed by atoms with Gasteiger partial charge in [0.05, 0.1) is 0 Å². The Morgan fingerprint density at radius 2 is 1.16 bits per heavy atom. The molecule has 2 aliphatic heterocycles. The molecule has 0 aliphatic carbocycles. The van der Waals surface area contributed by atoms with Gasteiger partial charge in [-0.05, 0) is 0 Å². The molecular formula is C12H18O13. The van der Waals surface area contributed by atoms with E-state index in [-0.39, 0.29) is 0 Å². The van der Waals surface area contributed by atoms with Crippen molar-refractivity contribution in [3.8, 4) is 0 Å². The highest BCUT2D eigenvalue weighted by Crippen LogP contribution is 2.28. The van der Waals surface area contributed by atoms with Gasteiger partial charge >= 0.3 is 11.9 Å². The molecule has 0 bridgehead atoms. The first-order valence-corrected chi connectivity index (χ1v) is 7.06. The van der Waals surface area contributed by atoms with Gasteiger partial charge in [-0.15, -0.1) is 0 Å². The van der Waals surface area contributed by atoms with Crippen LogP contribution in [0.5, 0.6) is 0 Å². The van der Waals surface area contributed by atoms with Gasteiger partial charge in [-0.1, -0.05) is 0 Å². The van der Waals surface area contributed by atoms with Gasteiger partial charge in [0, 0.05) is 0 Å². The highest BCUT2D eigenvalue weighted by Gasteiger charge is 2.52. The van der Waals surface area contributed by atoms with E-state index in [1.807, 2.05) is 0 Å². The van der Waals surface area contributed by atoms with Crippen LogP contribution < -0.4 is 0 Å². The maximum atomic E-state index is 11.0. The predicted molar refractivity (Wildman–Crippen MR) is 69.7 cm³/mol. The van der Waals surface area contributed by atoms with Gasteiger partial charge in [-0.3, -0.25) is 0 Å². The first kappa shape index (κ1) is 19.9. The van der Waals surface area contributed by atoms with Crippen LogP contribution in [-0.4, -0.2) is 114 Å². The number of rotatable bonds is 4. The summed E-state index contributed by atoms with van der Waals surface area (Å²) in [5.74, 6) is -3.35. The minimum atomic E-state index is -2.08. The molecule has 0 spiro atoms. The van der Waals surface area contributed by atoms with Crippen molar-refractivity contribution in [2.24, 2.45) is 0 Å². The summed E-state index contributed by atoms with van der Waals surface area (Å²) in [6.45, 7) is 0. The predicted octanol–water partition coefficient (Wildman–Crippen LogP) is -5.21. The van der Waals surface area contributed by atoms with E-state index in [1.54, 1.807) is 0 Å². The van der Waals surface area contributed by atoms with E-state index in [4.69, 9.17) is 19.7 Å². The monoisotopic (exact) mass is 370 g/mol. The van der Waals surface area contributed by atoms with Crippen LogP contribution in [0, 0.1) is 0 Å². The minimum Gasteiger partial charge on any atom is -0.479 e. The van der Waals surface area contributed by atoms with Gasteiger partial charge in [0.1, 0.15) is 36.6 Å². The molecule has 0 saturated carbocycles. The first-order valence-electron chi connectivity index (χ1n) is 7.06. The molecular weight excluding hydrogens is 352 g/mol. The lowest BCUT2D eigenvalue weighted by atomic mass is 9.97. The van der Waals surface area contributed by atoms with Gasteiger partial charge in [0.15, 0.2) is 24.8 Å². The maximum Gasteiger partial charge on any atom is 0.335 e. The highest BCUT2D eigenvalue weighted by molar-refractivity contribution is 5.73. The van der Waals surface area contributed by atoms with E-state index in [9.17, 15) is 40.2 Å². The summed E-state index contributed by atoms with van der Waals surface area (Å²) >= 11 is 0. The zero-order valence-electron chi connectivity index (χ0n) is 12.4. The summed E-state index contributed by atoms with van der Waals surface area (Å²) < 4.78 is 14.4. The van der Waals surface area contributed by atoms with Crippen molar-refractivity contribution >= 4 is 11.9 Å². The average molecular weight is 370 g/mol. The third-order valence-corrected chi connectivity index (χ3v) is 3.91. The fourth-order valence-corrected chi connectivity index (χ4v) is 2.52. The second-order valence-electron chi connectivity index (χ2n) is 5.60. The van der Waals surface area contributed by atoms with E-state index >= 15 is 0 Å². The number of aliphatic hydroxyl groups excluding tert-OH is 6. The molecule has 13 heteroatoms. The van der Waals surface area contributed by atoms with E-state index in [1.165, 1.54) is 0 Å². The van der Waals surface area contributed by atoms with Crippen molar-refractivity contribution in [2.45, 2.75) is 61.4 Å². The van der Waals surface area contributed by atoms with Crippen LogP contribution in [0.15, 0.2) is 0 Å². The average Bonchev–Trinajstić information content (AvgIpc) is 2.53. The van der Waals surface area contributed by atoms with E-state index in [0.29, 0.717) is 0 Å². The summed E-state index contributed by atoms with van der Waals surface area (Å²) in [6.07, 6.45) is -19.8. The molecule has 0 amide bonds. The molecule has 0 unspecified atom stereocenters. The molecule has 2 fully saturated rings. The maximum absolute atomic E-state index is 11.0. The molecule has 2 saturated heterocycles. The molecule has 2 heterocycles. The normalized spacial score (nSPS) is 48.1. The number of carboxylic acid groups (broad SMARTS) is 2. The molecule has 25 heavy (non-hydrogen) atoms. The number of carboxylic acids is 2. The number of aliphatic carboxylic acids is 2. The fraction of sp³-hybridized carbons (Fsp3) is 0.833. The van der Waals surface area contributed by atoms with Crippen LogP contribution in [0.25, 0.3) is 0 Å². The van der Waals surface area contributed by atoms with Crippen molar-refractivity contribution in [2.75, 3.05) is 0 Å². The van der Waals surface area contributed by atoms with Gasteiger partial charge in [-0.2, -0.15) is 0 Å². The van der Waals surface area contributed by atoms with Crippen LogP contribution in [0.3, 0.4) is 0 Å². The van der Waals surface area contributed by atoms with Crippen molar-refractivity contribution < 1.29 is 64.7 Å². The molecule has 2 aliphatic rings. The molecule has 144 valence electrons. The summed E-state index contributed by atoms with van der Waals surface area (Å²) in [7, 11) is 0. The SMILES string of the molecule is O=C(O)[C@H]1O[C@@H](O[C@@H]2[C@@H](O)[C@H](O)[C@@H](C(=O)O)O[C@H]2O)[C@H](O)[C@@H](O)[C@@H]1O. The Balaban J connectivity index is 2.14. The van der Waals surface area contributed by atoms with Gasteiger partial charge in [0.25, 0.3) is 0 Å². The van der Waals surface area contributed by atoms with Crippen molar-refractivity contribution in [1.29, 1.82) is 0 Å². The lowest BCUT2D eigenvalue weighted by Crippen LogP contribution is -2.65. The Morgan fingerprint density at radius 3 is 1.68 bits per heavy atom. The van der Waals surface area contributed by atoms with Gasteiger partial charge in [-0.25, -0.2) is 9.59 Å². The Bertz CT molecular complexity index is 511. The van der Waals surface area contributed by atoms with E-state index < -0.39 is 73.4 Å². The Morgan fingerprint density at radius 1 is 0.680 bits per heavy atom. The quantitative estimate of drug-likeness (QED) is 0.232. The van der Waals surface area contributed by atoms with Crippen LogP contribution in [0.2, 0.25) is 0 Å². The number of carbonyl (C=O) groups is 2. The van der Waals surface area contributed by atoms with Crippen LogP contribution in [-0.2, 0) is 23.8 Å². The van der Waals surface area contributed by atoms with Crippen LogP contribution in [0.4, 0.5) is 0 Å². The fourth-order valence-electron chi connectivity index (χ4n) is 2.52. The number of aliphatic hydroxyl groups is 6. The second kappa shape index (κ2) is 7.45. The van der Waals surface area contributed by atoms with Crippen molar-refractivity contribution in [3.05, 3.63) is 0 Å². The molecule has 0 aromatic rings. The Hall–Kier alpha value is -1.42. The Labute approximate surface area is 139 Å². The highest BCUT2D eigenvalue weighted by atomic mass is 16.7. The molecule has 10 atom stereocenters. The minimum absolute atomic E-state index is 1.66. The van der Waals surface area contributed by atoms with Gasteiger partial charge in [0.2, 0.25) is 0 Å². The van der Waals surface area contributed by atoms with E-state index in [2.05, 4.69) is 4.74 Å². The summed E-state index contributed by atoms with van der Waals surface area (Å²) in [5, 5.41) is 76.1. The smallest absolute Gasteiger partial charge is 0.335 e. The zero-order valence-corrected chi connectivity index (χ0v) is 12.4. The Kier molecular flexibility index (Phi) is 5.93. The third-order valence-electron chi connectivity index (χ3n) is 3.91. The summed E-state index contributed by atoms with van der Waals surface area (Å²) in [6, 6.07) is 0. The molecule has 0 aromatic carbocycles. The standard InChI is InChI=1S/C12H18O13/c13-1-2(14)7(10(20)21)24-12(5(1)17)25-8-4(16)3(15)6(9(18)19)23-11(8)22/h1-8,11-17,22H,(H,18,19)(H,20,21)/t1-,2-,3-,4-,5+,6-,7-,8+,11+,12-/m0/s1. The number of hydrogen-bond donors (Lipinski definition) is 8. The van der Waals surface area contributed by atoms with Crippen molar-refractivity contribution in [1.82, 2.24) is 0 Å². The molecule has 0 aromatic heterocycles. The number of ether oxygens (including phenoxy) is 3. The van der Waals surface area contributed by atoms with Crippen LogP contribution >= 0.6 is 0 Å². The third kappa shape index (κ3) is 3.74. The van der Waals surface area contributed by atoms with Crippen molar-refractivity contribution in [3.63, 3.8) is 0 Å². The number of hydrogen-bond acceptors (Lipinski definition) is 11. The molecule has 8 N–H and O–H groups in total. The second-order valence-corrected chi connectivity index (χ2v) is 5.60. The molecule has 0 radical (unpaired) electrons. The zero-order chi connectivity index (χ0) is 19.0. The lowest BCUT2D eigenvalue weighted by molar-refractivity contribution is -0.354. The first-order chi connectivity index (χ1) is 11.6. The molecule has 2 rings (SSSR count). The van der Waals surface area contributed by atoms with Crippen LogP contribution in [0.1, 0.15) is 0 Å². The van der Waals surface area contributed by atoms with E-state index in [0.717, 1.165) is 0 Å². The lowest BCUT2D eigenvalue weighted by Gasteiger charge is -2.43. The summed E-state index contributed by atoms with van der Waals surface area (Å²) in [4.78, 5) is 21.9. The molecule has 13 nitrogen and oxygen atoms in total. The largest absolute Gasteiger partial charge is 0.479 e. The van der Waals surface area contributed by atoms with Gasteiger partial charge < -0.3 is 55.1 Å². The summed E-state index contributed by atoms with van der Waals surface area (Å²) in [5.41, 5.74) is 0. The topological polar surface area (TPSA) is 224 Å².